The number of allylic oxidation sites excluding steroid dienone is 2. The Labute approximate surface area is 206 Å². The SMILES string of the molecule is C[C@@H]1C=CC[C@H]2C(=O)N(c3ccc(C(=O)OCC(=O)NNC(=O)c4ccccc4Cl)cc3)C(=O)[C@H]12. The highest BCUT2D eigenvalue weighted by Gasteiger charge is 2.50. The Balaban J connectivity index is 1.30. The number of ether oxygens (including phenoxy) is 1. The molecule has 0 saturated carbocycles. The molecule has 4 amide bonds. The maximum atomic E-state index is 12.9. The minimum absolute atomic E-state index is 0.0231. The van der Waals surface area contributed by atoms with E-state index in [0.717, 1.165) is 0 Å². The number of hydrazine groups is 1. The molecule has 1 saturated heterocycles. The van der Waals surface area contributed by atoms with Crippen LogP contribution in [0.1, 0.15) is 34.1 Å². The lowest BCUT2D eigenvalue weighted by atomic mass is 9.78. The summed E-state index contributed by atoms with van der Waals surface area (Å²) < 4.78 is 4.97. The lowest BCUT2D eigenvalue weighted by Gasteiger charge is -2.22. The number of esters is 1. The zero-order chi connectivity index (χ0) is 25.1. The molecule has 0 radical (unpaired) electrons. The third-order valence-corrected chi connectivity index (χ3v) is 6.33. The molecule has 3 atom stereocenters. The summed E-state index contributed by atoms with van der Waals surface area (Å²) in [6.07, 6.45) is 4.41. The van der Waals surface area contributed by atoms with Crippen LogP contribution in [-0.2, 0) is 19.1 Å². The number of carbonyl (C=O) groups excluding carboxylic acids is 5. The topological polar surface area (TPSA) is 122 Å². The average Bonchev–Trinajstić information content (AvgIpc) is 3.12. The van der Waals surface area contributed by atoms with E-state index in [2.05, 4.69) is 10.9 Å². The van der Waals surface area contributed by atoms with Gasteiger partial charge in [-0.3, -0.25) is 34.9 Å². The van der Waals surface area contributed by atoms with E-state index in [-0.39, 0.29) is 45.7 Å². The van der Waals surface area contributed by atoms with Crippen molar-refractivity contribution in [3.63, 3.8) is 0 Å². The van der Waals surface area contributed by atoms with Gasteiger partial charge in [-0.05, 0) is 48.7 Å². The second-order valence-corrected chi connectivity index (χ2v) is 8.68. The maximum Gasteiger partial charge on any atom is 0.338 e. The number of amides is 4. The van der Waals surface area contributed by atoms with Gasteiger partial charge in [-0.15, -0.1) is 0 Å². The Morgan fingerprint density at radius 3 is 2.43 bits per heavy atom. The fraction of sp³-hybridized carbons (Fsp3) is 0.240. The monoisotopic (exact) mass is 495 g/mol. The van der Waals surface area contributed by atoms with Gasteiger partial charge in [0.2, 0.25) is 11.8 Å². The highest BCUT2D eigenvalue weighted by Crippen LogP contribution is 2.40. The largest absolute Gasteiger partial charge is 0.452 e. The molecule has 0 bridgehead atoms. The lowest BCUT2D eigenvalue weighted by molar-refractivity contribution is -0.125. The number of halogens is 1. The molecule has 2 aromatic carbocycles. The Hall–Kier alpha value is -3.98. The van der Waals surface area contributed by atoms with Gasteiger partial charge in [0.25, 0.3) is 11.8 Å². The Kier molecular flexibility index (Phi) is 6.97. The number of anilines is 1. The summed E-state index contributed by atoms with van der Waals surface area (Å²) in [4.78, 5) is 63.1. The van der Waals surface area contributed by atoms with Crippen molar-refractivity contribution < 1.29 is 28.7 Å². The average molecular weight is 496 g/mol. The van der Waals surface area contributed by atoms with Crippen molar-refractivity contribution in [2.45, 2.75) is 13.3 Å². The molecular formula is C25H22ClN3O6. The molecule has 0 spiro atoms. The lowest BCUT2D eigenvalue weighted by Crippen LogP contribution is -2.43. The second-order valence-electron chi connectivity index (χ2n) is 8.27. The molecule has 0 unspecified atom stereocenters. The molecule has 1 aliphatic carbocycles. The molecule has 35 heavy (non-hydrogen) atoms. The Morgan fingerprint density at radius 2 is 1.74 bits per heavy atom. The molecule has 1 fully saturated rings. The van der Waals surface area contributed by atoms with Gasteiger partial charge in [0.1, 0.15) is 0 Å². The van der Waals surface area contributed by atoms with Crippen molar-refractivity contribution >= 4 is 46.9 Å². The Morgan fingerprint density at radius 1 is 1.03 bits per heavy atom. The van der Waals surface area contributed by atoms with Gasteiger partial charge in [0, 0.05) is 0 Å². The number of hydrogen-bond acceptors (Lipinski definition) is 6. The van der Waals surface area contributed by atoms with Crippen molar-refractivity contribution in [3.05, 3.63) is 76.8 Å². The number of carbonyl (C=O) groups is 5. The van der Waals surface area contributed by atoms with E-state index < -0.39 is 24.4 Å². The van der Waals surface area contributed by atoms with Crippen LogP contribution in [0.3, 0.4) is 0 Å². The smallest absolute Gasteiger partial charge is 0.338 e. The van der Waals surface area contributed by atoms with Gasteiger partial charge >= 0.3 is 5.97 Å². The highest BCUT2D eigenvalue weighted by atomic mass is 35.5. The third-order valence-electron chi connectivity index (χ3n) is 6.00. The van der Waals surface area contributed by atoms with Gasteiger partial charge in [-0.25, -0.2) is 4.79 Å². The molecule has 2 N–H and O–H groups in total. The van der Waals surface area contributed by atoms with Crippen LogP contribution in [0.15, 0.2) is 60.7 Å². The summed E-state index contributed by atoms with van der Waals surface area (Å²) in [5.74, 6) is -3.43. The summed E-state index contributed by atoms with van der Waals surface area (Å²) >= 11 is 5.93. The molecule has 10 heteroatoms. The first-order chi connectivity index (χ1) is 16.8. The quantitative estimate of drug-likeness (QED) is 0.284. The van der Waals surface area contributed by atoms with Crippen LogP contribution in [0.2, 0.25) is 5.02 Å². The third kappa shape index (κ3) is 4.95. The summed E-state index contributed by atoms with van der Waals surface area (Å²) in [6.45, 7) is 1.28. The molecule has 1 aliphatic heterocycles. The standard InChI is InChI=1S/C25H22ClN3O6/c1-14-5-4-7-18-21(14)24(33)29(23(18)32)16-11-9-15(10-12-16)25(34)35-13-20(30)27-28-22(31)17-6-2-3-8-19(17)26/h2-6,8-12,14,18,21H,7,13H2,1H3,(H,27,30)(H,28,31)/t14-,18-,21-/m1/s1. The maximum absolute atomic E-state index is 12.9. The van der Waals surface area contributed by atoms with Crippen molar-refractivity contribution in [1.82, 2.24) is 10.9 Å². The minimum Gasteiger partial charge on any atom is -0.452 e. The molecule has 4 rings (SSSR count). The van der Waals surface area contributed by atoms with Gasteiger partial charge in [0.15, 0.2) is 6.61 Å². The van der Waals surface area contributed by atoms with Crippen molar-refractivity contribution in [2.75, 3.05) is 11.5 Å². The van der Waals surface area contributed by atoms with E-state index in [0.29, 0.717) is 12.1 Å². The molecule has 180 valence electrons. The number of rotatable bonds is 5. The van der Waals surface area contributed by atoms with Crippen molar-refractivity contribution in [2.24, 2.45) is 17.8 Å². The molecule has 2 aliphatic rings. The predicted molar refractivity (Wildman–Crippen MR) is 126 cm³/mol. The fourth-order valence-electron chi connectivity index (χ4n) is 4.24. The van der Waals surface area contributed by atoms with E-state index in [9.17, 15) is 24.0 Å². The van der Waals surface area contributed by atoms with Crippen LogP contribution in [0.25, 0.3) is 0 Å². The van der Waals surface area contributed by atoms with Crippen molar-refractivity contribution in [1.29, 1.82) is 0 Å². The van der Waals surface area contributed by atoms with Crippen LogP contribution in [-0.4, -0.2) is 36.2 Å². The number of imide groups is 1. The predicted octanol–water partition coefficient (Wildman–Crippen LogP) is 2.66. The van der Waals surface area contributed by atoms with Gasteiger partial charge in [-0.2, -0.15) is 0 Å². The molecule has 0 aromatic heterocycles. The fourth-order valence-corrected chi connectivity index (χ4v) is 4.46. The van der Waals surface area contributed by atoms with Crippen LogP contribution in [0.5, 0.6) is 0 Å². The summed E-state index contributed by atoms with van der Waals surface area (Å²) in [6, 6.07) is 12.1. The van der Waals surface area contributed by atoms with Gasteiger partial charge in [0.05, 0.1) is 33.7 Å². The molecular weight excluding hydrogens is 474 g/mol. The summed E-state index contributed by atoms with van der Waals surface area (Å²) in [7, 11) is 0. The van der Waals surface area contributed by atoms with E-state index in [1.165, 1.54) is 41.3 Å². The molecule has 9 nitrogen and oxygen atoms in total. The first-order valence-corrected chi connectivity index (χ1v) is 11.3. The zero-order valence-electron chi connectivity index (χ0n) is 18.7. The minimum atomic E-state index is -0.783. The highest BCUT2D eigenvalue weighted by molar-refractivity contribution is 6.33. The zero-order valence-corrected chi connectivity index (χ0v) is 19.5. The van der Waals surface area contributed by atoms with Crippen LogP contribution >= 0.6 is 11.6 Å². The number of nitrogens with one attached hydrogen (secondary N) is 2. The summed E-state index contributed by atoms with van der Waals surface area (Å²) in [5, 5.41) is 0.219. The normalized spacial score (nSPS) is 20.9. The number of fused-ring (bicyclic) bond motifs is 1. The van der Waals surface area contributed by atoms with Crippen molar-refractivity contribution in [3.8, 4) is 0 Å². The second kappa shape index (κ2) is 10.1. The molecule has 2 aromatic rings. The Bertz CT molecular complexity index is 1230. The number of hydrogen-bond donors (Lipinski definition) is 2. The first-order valence-electron chi connectivity index (χ1n) is 10.9. The van der Waals surface area contributed by atoms with Crippen LogP contribution < -0.4 is 15.8 Å². The number of nitrogens with zero attached hydrogens (tertiary/aromatic N) is 1. The van der Waals surface area contributed by atoms with Gasteiger partial charge in [-0.1, -0.05) is 42.8 Å². The van der Waals surface area contributed by atoms with Gasteiger partial charge < -0.3 is 4.74 Å². The van der Waals surface area contributed by atoms with Crippen LogP contribution in [0, 0.1) is 17.8 Å². The van der Waals surface area contributed by atoms with E-state index in [1.54, 1.807) is 12.1 Å². The summed E-state index contributed by atoms with van der Waals surface area (Å²) in [5.41, 5.74) is 5.00. The molecule has 1 heterocycles. The van der Waals surface area contributed by atoms with E-state index in [4.69, 9.17) is 16.3 Å². The van der Waals surface area contributed by atoms with E-state index in [1.807, 2.05) is 19.1 Å². The first kappa shape index (κ1) is 24.2. The van der Waals surface area contributed by atoms with Crippen LogP contribution in [0.4, 0.5) is 5.69 Å². The van der Waals surface area contributed by atoms with E-state index >= 15 is 0 Å². The number of benzene rings is 2.